The van der Waals surface area contributed by atoms with E-state index in [1.807, 2.05) is 24.3 Å². The number of methoxy groups -OCH3 is 1. The summed E-state index contributed by atoms with van der Waals surface area (Å²) in [5, 5.41) is 8.78. The predicted octanol–water partition coefficient (Wildman–Crippen LogP) is 2.57. The van der Waals surface area contributed by atoms with Crippen LogP contribution in [0.3, 0.4) is 0 Å². The summed E-state index contributed by atoms with van der Waals surface area (Å²) in [4.78, 5) is 26.4. The van der Waals surface area contributed by atoms with Gasteiger partial charge in [0.2, 0.25) is 11.8 Å². The molecule has 0 radical (unpaired) electrons. The van der Waals surface area contributed by atoms with Gasteiger partial charge in [-0.2, -0.15) is 0 Å². The van der Waals surface area contributed by atoms with Crippen molar-refractivity contribution in [3.05, 3.63) is 48.1 Å². The van der Waals surface area contributed by atoms with Crippen LogP contribution in [0, 0.1) is 11.8 Å². The molecule has 3 rings (SSSR count). The number of carbonyl (C=O) groups excluding carboxylic acids is 2. The topological polar surface area (TPSA) is 82.7 Å². The van der Waals surface area contributed by atoms with Crippen LogP contribution in [0.5, 0.6) is 5.75 Å². The summed E-state index contributed by atoms with van der Waals surface area (Å²) >= 11 is 0. The molecule has 7 nitrogen and oxygen atoms in total. The van der Waals surface area contributed by atoms with Gasteiger partial charge in [-0.3, -0.25) is 14.5 Å². The van der Waals surface area contributed by atoms with Gasteiger partial charge in [0, 0.05) is 18.8 Å². The van der Waals surface area contributed by atoms with Crippen molar-refractivity contribution in [1.29, 1.82) is 0 Å². The van der Waals surface area contributed by atoms with Crippen LogP contribution in [0.25, 0.3) is 0 Å². The SMILES string of the molecule is COc1ccc(NCCNC(=O)CNC(=O)CN2CCC(C3=CC=CCC3C)CC2)cc1. The standard InChI is InChI=1S/C25H36N4O3/c1-19-5-3-4-6-23(19)20-11-15-29(16-12-20)18-25(31)28-17-24(30)27-14-13-26-21-7-9-22(32-2)10-8-21/h3-4,6-10,19-20,26H,5,11-18H2,1-2H3,(H,27,30)(H,28,31). The number of allylic oxidation sites excluding steroid dienone is 4. The quantitative estimate of drug-likeness (QED) is 0.487. The lowest BCUT2D eigenvalue weighted by Gasteiger charge is -2.35. The van der Waals surface area contributed by atoms with E-state index in [1.165, 1.54) is 0 Å². The number of benzene rings is 1. The van der Waals surface area contributed by atoms with Crippen LogP contribution in [-0.4, -0.2) is 63.1 Å². The zero-order valence-electron chi connectivity index (χ0n) is 19.2. The Kier molecular flexibility index (Phi) is 9.16. The van der Waals surface area contributed by atoms with E-state index in [4.69, 9.17) is 4.74 Å². The lowest BCUT2D eigenvalue weighted by Crippen LogP contribution is -2.45. The fraction of sp³-hybridized carbons (Fsp3) is 0.520. The third-order valence-corrected chi connectivity index (χ3v) is 6.22. The van der Waals surface area contributed by atoms with Gasteiger partial charge in [-0.15, -0.1) is 0 Å². The average Bonchev–Trinajstić information content (AvgIpc) is 2.82. The summed E-state index contributed by atoms with van der Waals surface area (Å²) in [6.07, 6.45) is 10.0. The van der Waals surface area contributed by atoms with Gasteiger partial charge in [-0.25, -0.2) is 0 Å². The molecule has 1 aliphatic heterocycles. The molecule has 1 aliphatic carbocycles. The van der Waals surface area contributed by atoms with Crippen molar-refractivity contribution >= 4 is 17.5 Å². The minimum absolute atomic E-state index is 0.00850. The van der Waals surface area contributed by atoms with Crippen molar-refractivity contribution < 1.29 is 14.3 Å². The second-order valence-electron chi connectivity index (χ2n) is 8.56. The monoisotopic (exact) mass is 440 g/mol. The normalized spacial score (nSPS) is 19.2. The highest BCUT2D eigenvalue weighted by Crippen LogP contribution is 2.33. The van der Waals surface area contributed by atoms with E-state index in [0.29, 0.717) is 31.5 Å². The molecule has 1 aromatic carbocycles. The molecule has 1 unspecified atom stereocenters. The van der Waals surface area contributed by atoms with E-state index in [2.05, 4.69) is 46.0 Å². The zero-order valence-corrected chi connectivity index (χ0v) is 19.2. The number of hydrogen-bond donors (Lipinski definition) is 3. The Labute approximate surface area is 191 Å². The molecule has 1 fully saturated rings. The number of ether oxygens (including phenoxy) is 1. The fourth-order valence-electron chi connectivity index (χ4n) is 4.34. The smallest absolute Gasteiger partial charge is 0.239 e. The molecule has 174 valence electrons. The second kappa shape index (κ2) is 12.3. The molecule has 2 amide bonds. The van der Waals surface area contributed by atoms with E-state index >= 15 is 0 Å². The molecule has 1 atom stereocenters. The van der Waals surface area contributed by atoms with Crippen molar-refractivity contribution in [2.24, 2.45) is 11.8 Å². The number of amides is 2. The summed E-state index contributed by atoms with van der Waals surface area (Å²) in [6.45, 7) is 5.60. The van der Waals surface area contributed by atoms with Crippen LogP contribution >= 0.6 is 0 Å². The number of piperidine rings is 1. The maximum absolute atomic E-state index is 12.2. The van der Waals surface area contributed by atoms with E-state index < -0.39 is 0 Å². The van der Waals surface area contributed by atoms with Gasteiger partial charge in [0.25, 0.3) is 0 Å². The van der Waals surface area contributed by atoms with Crippen LogP contribution in [0.2, 0.25) is 0 Å². The second-order valence-corrected chi connectivity index (χ2v) is 8.56. The maximum atomic E-state index is 12.2. The Bertz CT molecular complexity index is 811. The average molecular weight is 441 g/mol. The van der Waals surface area contributed by atoms with Gasteiger partial charge < -0.3 is 20.7 Å². The summed E-state index contributed by atoms with van der Waals surface area (Å²) < 4.78 is 5.13. The fourth-order valence-corrected chi connectivity index (χ4v) is 4.34. The molecule has 2 aliphatic rings. The van der Waals surface area contributed by atoms with E-state index in [9.17, 15) is 9.59 Å². The summed E-state index contributed by atoms with van der Waals surface area (Å²) in [5.41, 5.74) is 2.53. The van der Waals surface area contributed by atoms with Crippen LogP contribution in [0.15, 0.2) is 48.1 Å². The minimum Gasteiger partial charge on any atom is -0.497 e. The van der Waals surface area contributed by atoms with Gasteiger partial charge in [-0.05, 0) is 68.5 Å². The molecule has 0 bridgehead atoms. The van der Waals surface area contributed by atoms with Gasteiger partial charge in [-0.1, -0.05) is 30.7 Å². The van der Waals surface area contributed by atoms with E-state index in [1.54, 1.807) is 12.7 Å². The zero-order chi connectivity index (χ0) is 22.8. The highest BCUT2D eigenvalue weighted by molar-refractivity contribution is 5.85. The van der Waals surface area contributed by atoms with Crippen LogP contribution < -0.4 is 20.7 Å². The van der Waals surface area contributed by atoms with Crippen LogP contribution in [0.4, 0.5) is 5.69 Å². The highest BCUT2D eigenvalue weighted by Gasteiger charge is 2.26. The van der Waals surface area contributed by atoms with Gasteiger partial charge in [0.1, 0.15) is 5.75 Å². The van der Waals surface area contributed by atoms with Crippen molar-refractivity contribution in [1.82, 2.24) is 15.5 Å². The third kappa shape index (κ3) is 7.41. The lowest BCUT2D eigenvalue weighted by atomic mass is 9.79. The largest absolute Gasteiger partial charge is 0.497 e. The molecule has 32 heavy (non-hydrogen) atoms. The number of nitrogens with zero attached hydrogens (tertiary/aromatic N) is 1. The van der Waals surface area contributed by atoms with Gasteiger partial charge in [0.15, 0.2) is 0 Å². The van der Waals surface area contributed by atoms with Crippen molar-refractivity contribution in [2.45, 2.75) is 26.2 Å². The van der Waals surface area contributed by atoms with Crippen molar-refractivity contribution in [3.8, 4) is 5.75 Å². The first-order valence-electron chi connectivity index (χ1n) is 11.6. The first-order chi connectivity index (χ1) is 15.5. The number of rotatable bonds is 10. The molecule has 0 aromatic heterocycles. The number of hydrogen-bond acceptors (Lipinski definition) is 5. The molecule has 1 heterocycles. The Balaban J connectivity index is 1.26. The molecule has 1 aromatic rings. The van der Waals surface area contributed by atoms with Crippen molar-refractivity contribution in [3.63, 3.8) is 0 Å². The summed E-state index contributed by atoms with van der Waals surface area (Å²) in [5.74, 6) is 1.79. The summed E-state index contributed by atoms with van der Waals surface area (Å²) in [6, 6.07) is 7.61. The Hall–Kier alpha value is -2.80. The first-order valence-corrected chi connectivity index (χ1v) is 11.6. The first kappa shape index (κ1) is 23.9. The molecular weight excluding hydrogens is 404 g/mol. The minimum atomic E-state index is -0.181. The molecule has 7 heteroatoms. The summed E-state index contributed by atoms with van der Waals surface area (Å²) in [7, 11) is 1.63. The Morgan fingerprint density at radius 1 is 1.06 bits per heavy atom. The lowest BCUT2D eigenvalue weighted by molar-refractivity contribution is -0.126. The molecule has 0 saturated carbocycles. The number of anilines is 1. The van der Waals surface area contributed by atoms with Crippen LogP contribution in [0.1, 0.15) is 26.2 Å². The maximum Gasteiger partial charge on any atom is 0.239 e. The van der Waals surface area contributed by atoms with Gasteiger partial charge in [0.05, 0.1) is 20.2 Å². The van der Waals surface area contributed by atoms with E-state index in [-0.39, 0.29) is 18.4 Å². The van der Waals surface area contributed by atoms with Crippen LogP contribution in [-0.2, 0) is 9.59 Å². The Morgan fingerprint density at radius 2 is 1.81 bits per heavy atom. The third-order valence-electron chi connectivity index (χ3n) is 6.22. The number of likely N-dealkylation sites (tertiary alicyclic amines) is 1. The highest BCUT2D eigenvalue weighted by atomic mass is 16.5. The van der Waals surface area contributed by atoms with E-state index in [0.717, 1.165) is 43.8 Å². The molecular formula is C25H36N4O3. The number of carbonyl (C=O) groups is 2. The molecule has 1 saturated heterocycles. The predicted molar refractivity (Wildman–Crippen MR) is 128 cm³/mol. The Morgan fingerprint density at radius 3 is 2.50 bits per heavy atom. The van der Waals surface area contributed by atoms with Gasteiger partial charge >= 0.3 is 0 Å². The number of nitrogens with one attached hydrogen (secondary N) is 3. The molecule has 3 N–H and O–H groups in total. The van der Waals surface area contributed by atoms with Crippen molar-refractivity contribution in [2.75, 3.05) is 51.7 Å². The molecule has 0 spiro atoms.